The molecule has 4 aromatic rings. The van der Waals surface area contributed by atoms with Gasteiger partial charge in [0.25, 0.3) is 0 Å². The van der Waals surface area contributed by atoms with E-state index in [-0.39, 0.29) is 11.3 Å². The summed E-state index contributed by atoms with van der Waals surface area (Å²) in [5.41, 5.74) is 2.76. The molecule has 8 heteroatoms. The van der Waals surface area contributed by atoms with Gasteiger partial charge < -0.3 is 14.0 Å². The monoisotopic (exact) mass is 416 g/mol. The summed E-state index contributed by atoms with van der Waals surface area (Å²) >= 11 is 0. The fourth-order valence-corrected chi connectivity index (χ4v) is 3.32. The van der Waals surface area contributed by atoms with Crippen LogP contribution < -0.4 is 0 Å². The van der Waals surface area contributed by atoms with Crippen molar-refractivity contribution in [3.8, 4) is 16.9 Å². The van der Waals surface area contributed by atoms with E-state index in [0.29, 0.717) is 23.5 Å². The molecule has 0 unspecified atom stereocenters. The van der Waals surface area contributed by atoms with Crippen molar-refractivity contribution in [1.29, 1.82) is 0 Å². The highest BCUT2D eigenvalue weighted by Crippen LogP contribution is 2.29. The van der Waals surface area contributed by atoms with Crippen molar-refractivity contribution in [2.45, 2.75) is 6.54 Å². The molecule has 4 rings (SSSR count). The predicted octanol–water partition coefficient (Wildman–Crippen LogP) is 3.36. The maximum absolute atomic E-state index is 12.7. The van der Waals surface area contributed by atoms with Crippen LogP contribution in [0.1, 0.15) is 26.4 Å². The highest BCUT2D eigenvalue weighted by atomic mass is 16.5. The molecular weight excluding hydrogens is 396 g/mol. The summed E-state index contributed by atoms with van der Waals surface area (Å²) < 4.78 is 13.3. The lowest BCUT2D eigenvalue weighted by molar-refractivity contribution is 0.0549. The fourth-order valence-electron chi connectivity index (χ4n) is 3.32. The van der Waals surface area contributed by atoms with Gasteiger partial charge in [-0.3, -0.25) is 0 Å². The minimum absolute atomic E-state index is 0.0121. The Morgan fingerprint density at radius 1 is 0.935 bits per heavy atom. The van der Waals surface area contributed by atoms with Crippen molar-refractivity contribution in [2.24, 2.45) is 0 Å². The Labute approximate surface area is 178 Å². The van der Waals surface area contributed by atoms with E-state index in [1.165, 1.54) is 18.9 Å². The number of hydrogen-bond donors (Lipinski definition) is 0. The van der Waals surface area contributed by atoms with Crippen LogP contribution >= 0.6 is 0 Å². The van der Waals surface area contributed by atoms with Gasteiger partial charge in [0.05, 0.1) is 26.2 Å². The summed E-state index contributed by atoms with van der Waals surface area (Å²) in [6.07, 6.45) is 5.35. The van der Waals surface area contributed by atoms with Gasteiger partial charge in [-0.2, -0.15) is 5.10 Å². The lowest BCUT2D eigenvalue weighted by Crippen LogP contribution is -2.15. The summed E-state index contributed by atoms with van der Waals surface area (Å²) in [5.74, 6) is -1.35. The zero-order valence-corrected chi connectivity index (χ0v) is 17.1. The molecule has 0 amide bonds. The second-order valence-electron chi connectivity index (χ2n) is 6.73. The number of rotatable bonds is 6. The number of esters is 2. The molecule has 0 aliphatic rings. The number of nitrogens with zero attached hydrogens (tertiary/aromatic N) is 4. The number of ether oxygens (including phenoxy) is 2. The first-order chi connectivity index (χ1) is 15.1. The van der Waals surface area contributed by atoms with Gasteiger partial charge in [-0.05, 0) is 17.7 Å². The van der Waals surface area contributed by atoms with Crippen LogP contribution in [-0.4, -0.2) is 45.5 Å². The summed E-state index contributed by atoms with van der Waals surface area (Å²) in [6, 6.07) is 16.7. The molecule has 2 aromatic heterocycles. The molecule has 2 heterocycles. The third-order valence-electron chi connectivity index (χ3n) is 4.81. The van der Waals surface area contributed by atoms with E-state index >= 15 is 0 Å². The molecule has 0 N–H and O–H groups in total. The standard InChI is InChI=1S/C23H20N4O4/c1-30-22(28)19-20(17-10-8-16(9-11-17)14-26-13-12-24-15-26)25-27(21(19)23(29)31-2)18-6-4-3-5-7-18/h3-13,15H,14H2,1-2H3. The molecule has 2 aromatic carbocycles. The average Bonchev–Trinajstić information content (AvgIpc) is 3.47. The molecule has 0 saturated carbocycles. The predicted molar refractivity (Wildman–Crippen MR) is 113 cm³/mol. The number of aromatic nitrogens is 4. The van der Waals surface area contributed by atoms with Crippen molar-refractivity contribution in [2.75, 3.05) is 14.2 Å². The first-order valence-corrected chi connectivity index (χ1v) is 9.52. The Bertz CT molecular complexity index is 1200. The van der Waals surface area contributed by atoms with E-state index in [2.05, 4.69) is 10.1 Å². The summed E-state index contributed by atoms with van der Waals surface area (Å²) in [7, 11) is 2.53. The van der Waals surface area contributed by atoms with Crippen LogP contribution in [0.15, 0.2) is 73.3 Å². The van der Waals surface area contributed by atoms with E-state index in [0.717, 1.165) is 5.56 Å². The maximum Gasteiger partial charge on any atom is 0.357 e. The van der Waals surface area contributed by atoms with Gasteiger partial charge in [-0.25, -0.2) is 19.3 Å². The molecule has 0 bridgehead atoms. The van der Waals surface area contributed by atoms with E-state index in [1.807, 2.05) is 53.2 Å². The Morgan fingerprint density at radius 2 is 1.65 bits per heavy atom. The van der Waals surface area contributed by atoms with Crippen LogP contribution in [0.2, 0.25) is 0 Å². The van der Waals surface area contributed by atoms with Crippen LogP contribution in [0.3, 0.4) is 0 Å². The van der Waals surface area contributed by atoms with Gasteiger partial charge in [0.1, 0.15) is 11.3 Å². The summed E-state index contributed by atoms with van der Waals surface area (Å²) in [5, 5.41) is 4.59. The van der Waals surface area contributed by atoms with Gasteiger partial charge in [-0.1, -0.05) is 42.5 Å². The average molecular weight is 416 g/mol. The Morgan fingerprint density at radius 3 is 2.26 bits per heavy atom. The largest absolute Gasteiger partial charge is 0.465 e. The van der Waals surface area contributed by atoms with Crippen molar-refractivity contribution in [1.82, 2.24) is 19.3 Å². The molecule has 0 aliphatic heterocycles. The second-order valence-corrected chi connectivity index (χ2v) is 6.73. The van der Waals surface area contributed by atoms with Crippen LogP contribution in [0.25, 0.3) is 16.9 Å². The number of benzene rings is 2. The van der Waals surface area contributed by atoms with Gasteiger partial charge in [0, 0.05) is 24.5 Å². The van der Waals surface area contributed by atoms with Crippen molar-refractivity contribution < 1.29 is 19.1 Å². The Kier molecular flexibility index (Phi) is 5.61. The molecule has 0 saturated heterocycles. The summed E-state index contributed by atoms with van der Waals surface area (Å²) in [6.45, 7) is 0.663. The maximum atomic E-state index is 12.7. The second kappa shape index (κ2) is 8.66. The molecular formula is C23H20N4O4. The number of imidazole rings is 1. The number of para-hydroxylation sites is 1. The molecule has 156 valence electrons. The SMILES string of the molecule is COC(=O)c1c(-c2ccc(Cn3ccnc3)cc2)nn(-c2ccccc2)c1C(=O)OC. The zero-order valence-electron chi connectivity index (χ0n) is 17.1. The van der Waals surface area contributed by atoms with Crippen LogP contribution in [0, 0.1) is 0 Å². The molecule has 0 fully saturated rings. The van der Waals surface area contributed by atoms with E-state index < -0.39 is 11.9 Å². The molecule has 8 nitrogen and oxygen atoms in total. The van der Waals surface area contributed by atoms with E-state index in [9.17, 15) is 9.59 Å². The number of carbonyl (C=O) groups excluding carboxylic acids is 2. The van der Waals surface area contributed by atoms with Gasteiger partial charge in [-0.15, -0.1) is 0 Å². The Balaban J connectivity index is 1.84. The number of hydrogen-bond acceptors (Lipinski definition) is 6. The first kappa shape index (κ1) is 20.1. The lowest BCUT2D eigenvalue weighted by Gasteiger charge is -2.07. The molecule has 0 radical (unpaired) electrons. The fraction of sp³-hybridized carbons (Fsp3) is 0.130. The highest BCUT2D eigenvalue weighted by molar-refractivity contribution is 6.06. The molecule has 0 atom stereocenters. The highest BCUT2D eigenvalue weighted by Gasteiger charge is 2.31. The van der Waals surface area contributed by atoms with Crippen LogP contribution in [0.4, 0.5) is 0 Å². The summed E-state index contributed by atoms with van der Waals surface area (Å²) in [4.78, 5) is 29.3. The minimum Gasteiger partial charge on any atom is -0.465 e. The third-order valence-corrected chi connectivity index (χ3v) is 4.81. The van der Waals surface area contributed by atoms with E-state index in [1.54, 1.807) is 24.7 Å². The minimum atomic E-state index is -0.681. The lowest BCUT2D eigenvalue weighted by atomic mass is 10.0. The quantitative estimate of drug-likeness (QED) is 0.448. The van der Waals surface area contributed by atoms with Crippen LogP contribution in [0.5, 0.6) is 0 Å². The van der Waals surface area contributed by atoms with Crippen molar-refractivity contribution in [3.05, 3.63) is 90.1 Å². The zero-order chi connectivity index (χ0) is 21.8. The number of carbonyl (C=O) groups is 2. The normalized spacial score (nSPS) is 10.6. The number of methoxy groups -OCH3 is 2. The van der Waals surface area contributed by atoms with E-state index in [4.69, 9.17) is 9.47 Å². The molecule has 0 spiro atoms. The van der Waals surface area contributed by atoms with Gasteiger partial charge in [0.2, 0.25) is 0 Å². The van der Waals surface area contributed by atoms with Gasteiger partial charge in [0.15, 0.2) is 5.69 Å². The van der Waals surface area contributed by atoms with Crippen molar-refractivity contribution >= 4 is 11.9 Å². The topological polar surface area (TPSA) is 88.2 Å². The van der Waals surface area contributed by atoms with Gasteiger partial charge >= 0.3 is 11.9 Å². The molecule has 31 heavy (non-hydrogen) atoms. The molecule has 0 aliphatic carbocycles. The van der Waals surface area contributed by atoms with Crippen LogP contribution in [-0.2, 0) is 16.0 Å². The Hall–Kier alpha value is -4.20. The van der Waals surface area contributed by atoms with Crippen molar-refractivity contribution in [3.63, 3.8) is 0 Å². The first-order valence-electron chi connectivity index (χ1n) is 9.52. The third kappa shape index (κ3) is 3.95. The smallest absolute Gasteiger partial charge is 0.357 e.